The molecule has 0 atom stereocenters. The lowest BCUT2D eigenvalue weighted by atomic mass is 10.1. The van der Waals surface area contributed by atoms with Gasteiger partial charge in [-0.25, -0.2) is 0 Å². The Kier molecular flexibility index (Phi) is 5.46. The standard InChI is InChI=1S/C20H18BrN3O/c1-2-14-7-9-16(10-8-14)23-17-11-15(12-22-13-17)20(25)24-19-6-4-3-5-18(19)21/h3-13,23H,2H2,1H3,(H,24,25). The number of carbonyl (C=O) groups is 1. The zero-order valence-electron chi connectivity index (χ0n) is 13.8. The van der Waals surface area contributed by atoms with Gasteiger partial charge in [0.1, 0.15) is 0 Å². The summed E-state index contributed by atoms with van der Waals surface area (Å²) in [5.74, 6) is -0.204. The van der Waals surface area contributed by atoms with Gasteiger partial charge in [-0.3, -0.25) is 9.78 Å². The summed E-state index contributed by atoms with van der Waals surface area (Å²) in [6.45, 7) is 2.12. The first kappa shape index (κ1) is 17.2. The number of hydrogen-bond acceptors (Lipinski definition) is 3. The van der Waals surface area contributed by atoms with Crippen LogP contribution in [0.3, 0.4) is 0 Å². The maximum atomic E-state index is 12.5. The normalized spacial score (nSPS) is 10.3. The molecule has 0 saturated carbocycles. The molecule has 4 nitrogen and oxygen atoms in total. The first-order valence-electron chi connectivity index (χ1n) is 8.02. The second-order valence-electron chi connectivity index (χ2n) is 5.57. The Labute approximate surface area is 155 Å². The van der Waals surface area contributed by atoms with Crippen molar-refractivity contribution >= 4 is 38.9 Å². The molecule has 25 heavy (non-hydrogen) atoms. The summed E-state index contributed by atoms with van der Waals surface area (Å²) in [6, 6.07) is 17.5. The fourth-order valence-corrected chi connectivity index (χ4v) is 2.76. The van der Waals surface area contributed by atoms with Crippen LogP contribution < -0.4 is 10.6 Å². The van der Waals surface area contributed by atoms with Gasteiger partial charge in [0.15, 0.2) is 0 Å². The largest absolute Gasteiger partial charge is 0.354 e. The first-order chi connectivity index (χ1) is 12.2. The molecular weight excluding hydrogens is 378 g/mol. The molecule has 3 rings (SSSR count). The fourth-order valence-electron chi connectivity index (χ4n) is 2.38. The van der Waals surface area contributed by atoms with Crippen LogP contribution in [0.1, 0.15) is 22.8 Å². The van der Waals surface area contributed by atoms with Crippen molar-refractivity contribution in [3.05, 3.63) is 82.6 Å². The molecule has 5 heteroatoms. The molecule has 126 valence electrons. The van der Waals surface area contributed by atoms with Gasteiger partial charge in [0, 0.05) is 16.4 Å². The van der Waals surface area contributed by atoms with E-state index in [0.717, 1.165) is 28.0 Å². The molecule has 1 amide bonds. The number of anilines is 3. The smallest absolute Gasteiger partial charge is 0.257 e. The number of aromatic nitrogens is 1. The molecule has 2 aromatic carbocycles. The number of nitrogens with zero attached hydrogens (tertiary/aromatic N) is 1. The molecule has 0 fully saturated rings. The number of halogens is 1. The van der Waals surface area contributed by atoms with Crippen molar-refractivity contribution in [1.82, 2.24) is 4.98 Å². The maximum absolute atomic E-state index is 12.5. The molecule has 1 heterocycles. The average molecular weight is 396 g/mol. The monoisotopic (exact) mass is 395 g/mol. The molecule has 2 N–H and O–H groups in total. The van der Waals surface area contributed by atoms with Crippen molar-refractivity contribution in [3.8, 4) is 0 Å². The SMILES string of the molecule is CCc1ccc(Nc2cncc(C(=O)Nc3ccccc3Br)c2)cc1. The zero-order valence-corrected chi connectivity index (χ0v) is 15.4. The molecule has 0 aliphatic carbocycles. The molecule has 0 radical (unpaired) electrons. The van der Waals surface area contributed by atoms with Crippen LogP contribution in [0, 0.1) is 0 Å². The number of hydrogen-bond donors (Lipinski definition) is 2. The van der Waals surface area contributed by atoms with Gasteiger partial charge in [-0.2, -0.15) is 0 Å². The molecule has 1 aromatic heterocycles. The van der Waals surface area contributed by atoms with E-state index in [-0.39, 0.29) is 5.91 Å². The van der Waals surface area contributed by atoms with Crippen LogP contribution in [-0.4, -0.2) is 10.9 Å². The van der Waals surface area contributed by atoms with Crippen molar-refractivity contribution in [2.45, 2.75) is 13.3 Å². The van der Waals surface area contributed by atoms with E-state index in [9.17, 15) is 4.79 Å². The third-order valence-electron chi connectivity index (χ3n) is 3.77. The van der Waals surface area contributed by atoms with Crippen molar-refractivity contribution < 1.29 is 4.79 Å². The number of pyridine rings is 1. The van der Waals surface area contributed by atoms with Gasteiger partial charge >= 0.3 is 0 Å². The summed E-state index contributed by atoms with van der Waals surface area (Å²) in [7, 11) is 0. The molecule has 0 aliphatic rings. The number of amides is 1. The van der Waals surface area contributed by atoms with E-state index >= 15 is 0 Å². The molecule has 0 bridgehead atoms. The fraction of sp³-hybridized carbons (Fsp3) is 0.100. The van der Waals surface area contributed by atoms with E-state index < -0.39 is 0 Å². The van der Waals surface area contributed by atoms with Gasteiger partial charge in [0.25, 0.3) is 5.91 Å². The Morgan fingerprint density at radius 1 is 1.04 bits per heavy atom. The van der Waals surface area contributed by atoms with E-state index in [0.29, 0.717) is 5.56 Å². The second kappa shape index (κ2) is 7.94. The highest BCUT2D eigenvalue weighted by atomic mass is 79.9. The highest BCUT2D eigenvalue weighted by molar-refractivity contribution is 9.10. The summed E-state index contributed by atoms with van der Waals surface area (Å²) in [6.07, 6.45) is 4.26. The van der Waals surface area contributed by atoms with Crippen LogP contribution in [0.25, 0.3) is 0 Å². The number of aryl methyl sites for hydroxylation is 1. The van der Waals surface area contributed by atoms with E-state index in [1.807, 2.05) is 36.4 Å². The molecule has 0 saturated heterocycles. The topological polar surface area (TPSA) is 54.0 Å². The van der Waals surface area contributed by atoms with Crippen LogP contribution in [0.5, 0.6) is 0 Å². The molecule has 0 spiro atoms. The minimum absolute atomic E-state index is 0.204. The Morgan fingerprint density at radius 2 is 1.80 bits per heavy atom. The number of carbonyl (C=O) groups excluding carboxylic acids is 1. The van der Waals surface area contributed by atoms with Crippen molar-refractivity contribution in [1.29, 1.82) is 0 Å². The molecular formula is C20H18BrN3O. The highest BCUT2D eigenvalue weighted by Gasteiger charge is 2.09. The average Bonchev–Trinajstić information content (AvgIpc) is 2.64. The van der Waals surface area contributed by atoms with Gasteiger partial charge in [0.05, 0.1) is 23.1 Å². The van der Waals surface area contributed by atoms with Gasteiger partial charge < -0.3 is 10.6 Å². The molecule has 3 aromatic rings. The predicted octanol–water partition coefficient (Wildman–Crippen LogP) is 5.40. The van der Waals surface area contributed by atoms with Gasteiger partial charge in [-0.15, -0.1) is 0 Å². The van der Waals surface area contributed by atoms with Crippen LogP contribution in [-0.2, 0) is 6.42 Å². The van der Waals surface area contributed by atoms with Gasteiger partial charge in [-0.05, 0) is 58.2 Å². The summed E-state index contributed by atoms with van der Waals surface area (Å²) < 4.78 is 0.835. The van der Waals surface area contributed by atoms with Gasteiger partial charge in [0.2, 0.25) is 0 Å². The van der Waals surface area contributed by atoms with Crippen LogP contribution in [0.15, 0.2) is 71.5 Å². The Hall–Kier alpha value is -2.66. The van der Waals surface area contributed by atoms with Crippen molar-refractivity contribution in [2.75, 3.05) is 10.6 Å². The maximum Gasteiger partial charge on any atom is 0.257 e. The van der Waals surface area contributed by atoms with Gasteiger partial charge in [-0.1, -0.05) is 31.2 Å². The third kappa shape index (κ3) is 4.45. The van der Waals surface area contributed by atoms with E-state index in [1.54, 1.807) is 18.5 Å². The minimum atomic E-state index is -0.204. The van der Waals surface area contributed by atoms with E-state index in [1.165, 1.54) is 5.56 Å². The number of nitrogens with one attached hydrogen (secondary N) is 2. The number of para-hydroxylation sites is 1. The van der Waals surface area contributed by atoms with Crippen molar-refractivity contribution in [2.24, 2.45) is 0 Å². The minimum Gasteiger partial charge on any atom is -0.354 e. The zero-order chi connectivity index (χ0) is 17.6. The van der Waals surface area contributed by atoms with Crippen LogP contribution in [0.4, 0.5) is 17.1 Å². The lowest BCUT2D eigenvalue weighted by molar-refractivity contribution is 0.102. The Morgan fingerprint density at radius 3 is 2.52 bits per heavy atom. The summed E-state index contributed by atoms with van der Waals surface area (Å²) >= 11 is 3.43. The van der Waals surface area contributed by atoms with E-state index in [2.05, 4.69) is 50.6 Å². The summed E-state index contributed by atoms with van der Waals surface area (Å²) in [4.78, 5) is 16.6. The number of rotatable bonds is 5. The Balaban J connectivity index is 1.74. The van der Waals surface area contributed by atoms with Crippen molar-refractivity contribution in [3.63, 3.8) is 0 Å². The third-order valence-corrected chi connectivity index (χ3v) is 4.46. The van der Waals surface area contributed by atoms with Crippen LogP contribution in [0.2, 0.25) is 0 Å². The second-order valence-corrected chi connectivity index (χ2v) is 6.43. The highest BCUT2D eigenvalue weighted by Crippen LogP contribution is 2.23. The van der Waals surface area contributed by atoms with Crippen LogP contribution >= 0.6 is 15.9 Å². The Bertz CT molecular complexity index is 878. The number of benzene rings is 2. The molecule has 0 unspecified atom stereocenters. The predicted molar refractivity (Wildman–Crippen MR) is 105 cm³/mol. The summed E-state index contributed by atoms with van der Waals surface area (Å²) in [5.41, 5.74) is 4.23. The molecule has 0 aliphatic heterocycles. The van der Waals surface area contributed by atoms with E-state index in [4.69, 9.17) is 0 Å². The summed E-state index contributed by atoms with van der Waals surface area (Å²) in [5, 5.41) is 6.15. The first-order valence-corrected chi connectivity index (χ1v) is 8.82. The lowest BCUT2D eigenvalue weighted by Gasteiger charge is -2.10. The quantitative estimate of drug-likeness (QED) is 0.607. The lowest BCUT2D eigenvalue weighted by Crippen LogP contribution is -2.12.